The Kier molecular flexibility index (Phi) is 7.33. The molecule has 0 aliphatic rings. The zero-order valence-electron chi connectivity index (χ0n) is 12.8. The molecule has 1 aromatic rings. The molecule has 0 aliphatic carbocycles. The Labute approximate surface area is 126 Å². The number of aryl methyl sites for hydroxylation is 1. The van der Waals surface area contributed by atoms with Crippen molar-refractivity contribution in [3.8, 4) is 0 Å². The van der Waals surface area contributed by atoms with E-state index in [1.165, 1.54) is 23.7 Å². The average Bonchev–Trinajstić information content (AvgIpc) is 2.84. The predicted octanol–water partition coefficient (Wildman–Crippen LogP) is 0.191. The molecule has 0 spiro atoms. The van der Waals surface area contributed by atoms with Crippen LogP contribution in [0.15, 0.2) is 17.2 Å². The summed E-state index contributed by atoms with van der Waals surface area (Å²) in [5, 5.41) is 9.19. The first-order chi connectivity index (χ1) is 9.97. The van der Waals surface area contributed by atoms with Crippen molar-refractivity contribution in [2.45, 2.75) is 17.9 Å². The van der Waals surface area contributed by atoms with E-state index < -0.39 is 10.0 Å². The maximum atomic E-state index is 12.6. The van der Waals surface area contributed by atoms with E-state index >= 15 is 0 Å². The van der Waals surface area contributed by atoms with E-state index in [-0.39, 0.29) is 18.0 Å². The van der Waals surface area contributed by atoms with Gasteiger partial charge in [-0.15, -0.1) is 0 Å². The van der Waals surface area contributed by atoms with Gasteiger partial charge in [-0.25, -0.2) is 8.42 Å². The van der Waals surface area contributed by atoms with Gasteiger partial charge in [-0.05, 0) is 12.5 Å². The van der Waals surface area contributed by atoms with Crippen LogP contribution in [0.1, 0.15) is 12.1 Å². The summed E-state index contributed by atoms with van der Waals surface area (Å²) in [5.41, 5.74) is 0.553. The number of methoxy groups -OCH3 is 2. The Bertz CT molecular complexity index is 527. The highest BCUT2D eigenvalue weighted by Gasteiger charge is 2.25. The van der Waals surface area contributed by atoms with Crippen LogP contribution in [0.2, 0.25) is 0 Å². The van der Waals surface area contributed by atoms with Crippen LogP contribution in [-0.4, -0.2) is 62.9 Å². The molecule has 0 atom stereocenters. The molecule has 1 N–H and O–H groups in total. The first kappa shape index (κ1) is 18.1. The maximum Gasteiger partial charge on any atom is 0.244 e. The van der Waals surface area contributed by atoms with Crippen LogP contribution in [0, 0.1) is 0 Å². The SMILES string of the molecule is COCCCN(CCOC)S(=O)(=O)c1cc(CO)n(C)c1. The van der Waals surface area contributed by atoms with Crippen molar-refractivity contribution >= 4 is 10.0 Å². The highest BCUT2D eigenvalue weighted by molar-refractivity contribution is 7.89. The molecular weight excluding hydrogens is 296 g/mol. The highest BCUT2D eigenvalue weighted by Crippen LogP contribution is 2.19. The lowest BCUT2D eigenvalue weighted by atomic mass is 10.4. The molecule has 0 aromatic carbocycles. The van der Waals surface area contributed by atoms with E-state index in [1.807, 2.05) is 0 Å². The number of hydrogen-bond donors (Lipinski definition) is 1. The van der Waals surface area contributed by atoms with Crippen molar-refractivity contribution in [1.29, 1.82) is 0 Å². The molecule has 0 unspecified atom stereocenters. The lowest BCUT2D eigenvalue weighted by Crippen LogP contribution is -2.35. The van der Waals surface area contributed by atoms with E-state index in [4.69, 9.17) is 9.47 Å². The van der Waals surface area contributed by atoms with Crippen molar-refractivity contribution in [2.75, 3.05) is 40.5 Å². The maximum absolute atomic E-state index is 12.6. The fourth-order valence-corrected chi connectivity index (χ4v) is 3.51. The molecule has 0 saturated heterocycles. The molecule has 0 aliphatic heterocycles. The molecule has 0 amide bonds. The summed E-state index contributed by atoms with van der Waals surface area (Å²) in [6.45, 7) is 1.27. The highest BCUT2D eigenvalue weighted by atomic mass is 32.2. The van der Waals surface area contributed by atoms with Crippen molar-refractivity contribution in [3.05, 3.63) is 18.0 Å². The summed E-state index contributed by atoms with van der Waals surface area (Å²) in [4.78, 5) is 0.183. The van der Waals surface area contributed by atoms with Crippen molar-refractivity contribution in [2.24, 2.45) is 7.05 Å². The standard InChI is InChI=1S/C13H24N2O5S/c1-14-10-13(9-12(14)11-16)21(17,18)15(6-8-20-3)5-4-7-19-2/h9-10,16H,4-8,11H2,1-3H3. The minimum atomic E-state index is -3.60. The molecule has 1 rings (SSSR count). The molecule has 0 bridgehead atoms. The van der Waals surface area contributed by atoms with Gasteiger partial charge in [0.2, 0.25) is 10.0 Å². The fraction of sp³-hybridized carbons (Fsp3) is 0.692. The second-order valence-electron chi connectivity index (χ2n) is 4.68. The zero-order chi connectivity index (χ0) is 15.9. The van der Waals surface area contributed by atoms with E-state index in [1.54, 1.807) is 18.7 Å². The van der Waals surface area contributed by atoms with Gasteiger partial charge >= 0.3 is 0 Å². The fourth-order valence-electron chi connectivity index (χ4n) is 1.95. The largest absolute Gasteiger partial charge is 0.390 e. The number of ether oxygens (including phenoxy) is 2. The number of rotatable bonds is 10. The smallest absolute Gasteiger partial charge is 0.244 e. The van der Waals surface area contributed by atoms with Gasteiger partial charge in [-0.1, -0.05) is 0 Å². The molecule has 0 radical (unpaired) electrons. The number of aliphatic hydroxyl groups is 1. The van der Waals surface area contributed by atoms with E-state index in [2.05, 4.69) is 0 Å². The van der Waals surface area contributed by atoms with E-state index in [0.29, 0.717) is 31.9 Å². The average molecular weight is 320 g/mol. The third-order valence-electron chi connectivity index (χ3n) is 3.18. The van der Waals surface area contributed by atoms with E-state index in [0.717, 1.165) is 0 Å². The van der Waals surface area contributed by atoms with Crippen molar-refractivity contribution < 1.29 is 23.0 Å². The Balaban J connectivity index is 2.95. The van der Waals surface area contributed by atoms with Gasteiger partial charge < -0.3 is 19.1 Å². The predicted molar refractivity (Wildman–Crippen MR) is 78.5 cm³/mol. The van der Waals surface area contributed by atoms with Gasteiger partial charge in [0.05, 0.1) is 13.2 Å². The van der Waals surface area contributed by atoms with Gasteiger partial charge in [0, 0.05) is 52.9 Å². The lowest BCUT2D eigenvalue weighted by Gasteiger charge is -2.21. The molecule has 7 nitrogen and oxygen atoms in total. The van der Waals surface area contributed by atoms with E-state index in [9.17, 15) is 13.5 Å². The van der Waals surface area contributed by atoms with Crippen LogP contribution >= 0.6 is 0 Å². The van der Waals surface area contributed by atoms with Gasteiger partial charge in [0.15, 0.2) is 0 Å². The topological polar surface area (TPSA) is 81.0 Å². The first-order valence-corrected chi connectivity index (χ1v) is 8.15. The minimum Gasteiger partial charge on any atom is -0.390 e. The molecule has 1 heterocycles. The summed E-state index contributed by atoms with van der Waals surface area (Å²) in [6.07, 6.45) is 2.12. The molecule has 21 heavy (non-hydrogen) atoms. The molecular formula is C13H24N2O5S. The second-order valence-corrected chi connectivity index (χ2v) is 6.62. The Morgan fingerprint density at radius 2 is 1.90 bits per heavy atom. The number of nitrogens with zero attached hydrogens (tertiary/aromatic N) is 2. The van der Waals surface area contributed by atoms with Crippen LogP contribution in [-0.2, 0) is 33.2 Å². The summed E-state index contributed by atoms with van der Waals surface area (Å²) >= 11 is 0. The minimum absolute atomic E-state index is 0.183. The van der Waals surface area contributed by atoms with Crippen molar-refractivity contribution in [3.63, 3.8) is 0 Å². The van der Waals surface area contributed by atoms with Crippen LogP contribution < -0.4 is 0 Å². The number of aromatic nitrogens is 1. The molecule has 0 fully saturated rings. The lowest BCUT2D eigenvalue weighted by molar-refractivity contribution is 0.164. The summed E-state index contributed by atoms with van der Waals surface area (Å²) in [7, 11) is 1.22. The summed E-state index contributed by atoms with van der Waals surface area (Å²) in [5.74, 6) is 0. The molecule has 0 saturated carbocycles. The summed E-state index contributed by atoms with van der Waals surface area (Å²) < 4.78 is 38.2. The Morgan fingerprint density at radius 3 is 2.43 bits per heavy atom. The molecule has 8 heteroatoms. The first-order valence-electron chi connectivity index (χ1n) is 6.71. The zero-order valence-corrected chi connectivity index (χ0v) is 13.6. The number of aliphatic hydroxyl groups excluding tert-OH is 1. The van der Waals surface area contributed by atoms with Gasteiger partial charge in [-0.2, -0.15) is 4.31 Å². The monoisotopic (exact) mass is 320 g/mol. The van der Waals surface area contributed by atoms with Gasteiger partial charge in [-0.3, -0.25) is 0 Å². The van der Waals surface area contributed by atoms with Crippen molar-refractivity contribution in [1.82, 2.24) is 8.87 Å². The normalized spacial score (nSPS) is 12.2. The number of hydrogen-bond acceptors (Lipinski definition) is 5. The Morgan fingerprint density at radius 1 is 1.24 bits per heavy atom. The van der Waals surface area contributed by atoms with Crippen LogP contribution in [0.25, 0.3) is 0 Å². The molecule has 1 aromatic heterocycles. The molecule has 122 valence electrons. The van der Waals surface area contributed by atoms with Gasteiger partial charge in [0.1, 0.15) is 4.90 Å². The van der Waals surface area contributed by atoms with Crippen LogP contribution in [0.3, 0.4) is 0 Å². The summed E-state index contributed by atoms with van der Waals surface area (Å²) in [6, 6.07) is 1.49. The third-order valence-corrected chi connectivity index (χ3v) is 5.05. The van der Waals surface area contributed by atoms with Crippen LogP contribution in [0.4, 0.5) is 0 Å². The quantitative estimate of drug-likeness (QED) is 0.623. The number of sulfonamides is 1. The third kappa shape index (κ3) is 4.79. The van der Waals surface area contributed by atoms with Crippen LogP contribution in [0.5, 0.6) is 0 Å². The van der Waals surface area contributed by atoms with Gasteiger partial charge in [0.25, 0.3) is 0 Å². The second kappa shape index (κ2) is 8.50. The Hall–Kier alpha value is -0.930.